The van der Waals surface area contributed by atoms with Crippen molar-refractivity contribution in [3.8, 4) is 0 Å². The van der Waals surface area contributed by atoms with E-state index >= 15 is 0 Å². The standard InChI is InChI=1S/C22H21NO2/c1-23-14-20(19-12-11-16-7-5-6-10-18(16)13-19)22(25-15-21(23)24)17-8-3-2-4-9-17/h2-13,20,22H,14-15H2,1H3/t20-,22-/m0/s1. The van der Waals surface area contributed by atoms with Crippen molar-refractivity contribution in [3.63, 3.8) is 0 Å². The van der Waals surface area contributed by atoms with Crippen molar-refractivity contribution in [2.24, 2.45) is 0 Å². The predicted octanol–water partition coefficient (Wildman–Crippen LogP) is 4.15. The molecule has 1 saturated heterocycles. The van der Waals surface area contributed by atoms with E-state index < -0.39 is 0 Å². The SMILES string of the molecule is CN1C[C@@H](c2ccc3ccccc3c2)[C@H](c2ccccc2)OCC1=O. The van der Waals surface area contributed by atoms with Crippen LogP contribution in [0.25, 0.3) is 10.8 Å². The van der Waals surface area contributed by atoms with Crippen molar-refractivity contribution in [1.82, 2.24) is 4.90 Å². The quantitative estimate of drug-likeness (QED) is 0.706. The minimum Gasteiger partial charge on any atom is -0.363 e. The molecule has 0 aliphatic carbocycles. The highest BCUT2D eigenvalue weighted by atomic mass is 16.5. The van der Waals surface area contributed by atoms with Gasteiger partial charge in [0.1, 0.15) is 6.61 Å². The summed E-state index contributed by atoms with van der Waals surface area (Å²) < 4.78 is 6.06. The number of likely N-dealkylation sites (N-methyl/N-ethyl adjacent to an activating group) is 1. The first kappa shape index (κ1) is 15.9. The maximum absolute atomic E-state index is 12.2. The van der Waals surface area contributed by atoms with Crippen molar-refractivity contribution >= 4 is 16.7 Å². The normalized spacial score (nSPS) is 21.3. The molecule has 0 spiro atoms. The smallest absolute Gasteiger partial charge is 0.248 e. The average Bonchev–Trinajstić information content (AvgIpc) is 2.81. The number of carbonyl (C=O) groups excluding carboxylic acids is 1. The topological polar surface area (TPSA) is 29.5 Å². The Kier molecular flexibility index (Phi) is 4.24. The summed E-state index contributed by atoms with van der Waals surface area (Å²) in [4.78, 5) is 14.0. The third-order valence-corrected chi connectivity index (χ3v) is 4.98. The highest BCUT2D eigenvalue weighted by Gasteiger charge is 2.32. The van der Waals surface area contributed by atoms with Gasteiger partial charge in [-0.25, -0.2) is 0 Å². The largest absolute Gasteiger partial charge is 0.363 e. The maximum atomic E-state index is 12.2. The van der Waals surface area contributed by atoms with Gasteiger partial charge in [-0.05, 0) is 21.9 Å². The molecule has 0 unspecified atom stereocenters. The number of rotatable bonds is 2. The lowest BCUT2D eigenvalue weighted by molar-refractivity contribution is -0.133. The molecule has 3 aromatic rings. The van der Waals surface area contributed by atoms with E-state index in [9.17, 15) is 4.79 Å². The lowest BCUT2D eigenvalue weighted by Crippen LogP contribution is -2.30. The number of ether oxygens (including phenoxy) is 1. The fourth-order valence-corrected chi connectivity index (χ4v) is 3.57. The molecule has 3 heteroatoms. The molecular weight excluding hydrogens is 310 g/mol. The van der Waals surface area contributed by atoms with Gasteiger partial charge in [0, 0.05) is 19.5 Å². The van der Waals surface area contributed by atoms with Crippen LogP contribution in [-0.4, -0.2) is 31.0 Å². The Hall–Kier alpha value is -2.65. The van der Waals surface area contributed by atoms with E-state index in [2.05, 4.69) is 54.6 Å². The summed E-state index contributed by atoms with van der Waals surface area (Å²) in [5, 5.41) is 2.44. The molecule has 4 rings (SSSR count). The minimum absolute atomic E-state index is 0.0317. The van der Waals surface area contributed by atoms with E-state index in [1.54, 1.807) is 4.90 Å². The Balaban J connectivity index is 1.79. The van der Waals surface area contributed by atoms with Gasteiger partial charge in [-0.1, -0.05) is 72.8 Å². The first-order valence-electron chi connectivity index (χ1n) is 8.61. The van der Waals surface area contributed by atoms with Gasteiger partial charge in [0.2, 0.25) is 5.91 Å². The molecule has 2 atom stereocenters. The molecule has 1 aliphatic rings. The van der Waals surface area contributed by atoms with Gasteiger partial charge in [0.25, 0.3) is 0 Å². The highest BCUT2D eigenvalue weighted by molar-refractivity contribution is 5.83. The fourth-order valence-electron chi connectivity index (χ4n) is 3.57. The first-order valence-corrected chi connectivity index (χ1v) is 8.61. The minimum atomic E-state index is -0.128. The van der Waals surface area contributed by atoms with Gasteiger partial charge in [0.05, 0.1) is 6.10 Å². The zero-order valence-corrected chi connectivity index (χ0v) is 14.3. The second-order valence-corrected chi connectivity index (χ2v) is 6.63. The second kappa shape index (κ2) is 6.69. The van der Waals surface area contributed by atoms with Crippen LogP contribution in [-0.2, 0) is 9.53 Å². The van der Waals surface area contributed by atoms with Crippen molar-refractivity contribution in [2.75, 3.05) is 20.2 Å². The monoisotopic (exact) mass is 331 g/mol. The molecule has 1 heterocycles. The molecule has 1 aliphatic heterocycles. The zero-order chi connectivity index (χ0) is 17.2. The van der Waals surface area contributed by atoms with Gasteiger partial charge in [-0.3, -0.25) is 4.79 Å². The van der Waals surface area contributed by atoms with Crippen LogP contribution in [0.5, 0.6) is 0 Å². The number of benzene rings is 3. The summed E-state index contributed by atoms with van der Waals surface area (Å²) in [5.41, 5.74) is 2.32. The summed E-state index contributed by atoms with van der Waals surface area (Å²) in [6.07, 6.45) is -0.128. The van der Waals surface area contributed by atoms with Crippen molar-refractivity contribution in [2.45, 2.75) is 12.0 Å². The van der Waals surface area contributed by atoms with Gasteiger partial charge in [-0.2, -0.15) is 0 Å². The van der Waals surface area contributed by atoms with E-state index in [0.717, 1.165) is 5.56 Å². The van der Waals surface area contributed by atoms with Crippen molar-refractivity contribution in [1.29, 1.82) is 0 Å². The Bertz CT molecular complexity index is 891. The van der Waals surface area contributed by atoms with Gasteiger partial charge in [-0.15, -0.1) is 0 Å². The maximum Gasteiger partial charge on any atom is 0.248 e. The Morgan fingerprint density at radius 2 is 1.60 bits per heavy atom. The summed E-state index contributed by atoms with van der Waals surface area (Å²) in [7, 11) is 1.85. The molecule has 1 fully saturated rings. The predicted molar refractivity (Wildman–Crippen MR) is 99.5 cm³/mol. The molecule has 126 valence electrons. The highest BCUT2D eigenvalue weighted by Crippen LogP contribution is 2.37. The van der Waals surface area contributed by atoms with E-state index in [-0.39, 0.29) is 24.5 Å². The number of carbonyl (C=O) groups is 1. The van der Waals surface area contributed by atoms with Crippen LogP contribution in [0, 0.1) is 0 Å². The number of hydrogen-bond acceptors (Lipinski definition) is 2. The van der Waals surface area contributed by atoms with Crippen LogP contribution < -0.4 is 0 Å². The molecule has 3 aromatic carbocycles. The van der Waals surface area contributed by atoms with E-state index in [4.69, 9.17) is 4.74 Å². The van der Waals surface area contributed by atoms with Crippen LogP contribution >= 0.6 is 0 Å². The number of nitrogens with zero attached hydrogens (tertiary/aromatic N) is 1. The molecule has 3 nitrogen and oxygen atoms in total. The summed E-state index contributed by atoms with van der Waals surface area (Å²) in [6.45, 7) is 0.775. The molecule has 0 bridgehead atoms. The molecule has 0 aromatic heterocycles. The van der Waals surface area contributed by atoms with E-state index in [1.165, 1.54) is 16.3 Å². The molecule has 0 radical (unpaired) electrons. The molecule has 0 N–H and O–H groups in total. The Morgan fingerprint density at radius 3 is 2.40 bits per heavy atom. The summed E-state index contributed by atoms with van der Waals surface area (Å²) in [6, 6.07) is 25.1. The lowest BCUT2D eigenvalue weighted by atomic mass is 9.87. The van der Waals surface area contributed by atoms with Crippen LogP contribution in [0.15, 0.2) is 72.8 Å². The summed E-state index contributed by atoms with van der Waals surface area (Å²) in [5.74, 6) is 0.132. The summed E-state index contributed by atoms with van der Waals surface area (Å²) >= 11 is 0. The average molecular weight is 331 g/mol. The van der Waals surface area contributed by atoms with Gasteiger partial charge < -0.3 is 9.64 Å². The fraction of sp³-hybridized carbons (Fsp3) is 0.227. The third-order valence-electron chi connectivity index (χ3n) is 4.98. The molecule has 0 saturated carbocycles. The zero-order valence-electron chi connectivity index (χ0n) is 14.3. The van der Waals surface area contributed by atoms with Gasteiger partial charge in [0.15, 0.2) is 0 Å². The molecule has 1 amide bonds. The van der Waals surface area contributed by atoms with Crippen LogP contribution in [0.4, 0.5) is 0 Å². The molecular formula is C22H21NO2. The lowest BCUT2D eigenvalue weighted by Gasteiger charge is -2.27. The second-order valence-electron chi connectivity index (χ2n) is 6.63. The van der Waals surface area contributed by atoms with Crippen molar-refractivity contribution in [3.05, 3.63) is 83.9 Å². The van der Waals surface area contributed by atoms with Crippen LogP contribution in [0.1, 0.15) is 23.1 Å². The van der Waals surface area contributed by atoms with Crippen molar-refractivity contribution < 1.29 is 9.53 Å². The third kappa shape index (κ3) is 3.15. The Morgan fingerprint density at radius 1 is 0.880 bits per heavy atom. The van der Waals surface area contributed by atoms with Crippen LogP contribution in [0.2, 0.25) is 0 Å². The van der Waals surface area contributed by atoms with E-state index in [1.807, 2.05) is 25.2 Å². The first-order chi connectivity index (χ1) is 12.2. The van der Waals surface area contributed by atoms with Gasteiger partial charge >= 0.3 is 0 Å². The number of hydrogen-bond donors (Lipinski definition) is 0. The number of fused-ring (bicyclic) bond motifs is 1. The number of amides is 1. The molecule has 25 heavy (non-hydrogen) atoms. The van der Waals surface area contributed by atoms with E-state index in [0.29, 0.717) is 6.54 Å². The van der Waals surface area contributed by atoms with Crippen LogP contribution in [0.3, 0.4) is 0 Å². The Labute approximate surface area is 147 Å².